The Morgan fingerprint density at radius 1 is 1.28 bits per heavy atom. The number of ether oxygens (including phenoxy) is 3. The summed E-state index contributed by atoms with van der Waals surface area (Å²) in [6.45, 7) is 3.10. The van der Waals surface area contributed by atoms with Gasteiger partial charge in [-0.2, -0.15) is 8.78 Å². The fourth-order valence-electron chi connectivity index (χ4n) is 3.45. The molecule has 1 aromatic carbocycles. The summed E-state index contributed by atoms with van der Waals surface area (Å²) >= 11 is 0. The number of aliphatic hydroxyl groups is 1. The van der Waals surface area contributed by atoms with Gasteiger partial charge in [-0.1, -0.05) is 6.07 Å². The number of benzene rings is 1. The van der Waals surface area contributed by atoms with E-state index in [-0.39, 0.29) is 30.1 Å². The number of hydrogen-bond donors (Lipinski definition) is 1. The molecule has 2 aliphatic rings. The molecule has 1 aliphatic carbocycles. The molecule has 0 radical (unpaired) electrons. The summed E-state index contributed by atoms with van der Waals surface area (Å²) < 4.78 is 41.2. The predicted molar refractivity (Wildman–Crippen MR) is 102 cm³/mol. The largest absolute Gasteiger partial charge is 0.489 e. The van der Waals surface area contributed by atoms with Gasteiger partial charge in [0.25, 0.3) is 0 Å². The number of halogens is 2. The number of carbonyl (C=O) groups is 1. The van der Waals surface area contributed by atoms with E-state index in [1.807, 2.05) is 0 Å². The van der Waals surface area contributed by atoms with Crippen molar-refractivity contribution in [1.82, 2.24) is 4.90 Å². The topological polar surface area (TPSA) is 68.2 Å². The second-order valence-corrected chi connectivity index (χ2v) is 8.74. The maximum Gasteiger partial charge on any atom is 0.410 e. The molecule has 0 aromatic heterocycles. The molecule has 1 saturated carbocycles. The number of alkyl halides is 2. The van der Waals surface area contributed by atoms with Crippen molar-refractivity contribution in [3.05, 3.63) is 23.8 Å². The second-order valence-electron chi connectivity index (χ2n) is 8.74. The Bertz CT molecular complexity index is 718. The molecule has 29 heavy (non-hydrogen) atoms. The molecule has 8 heteroatoms. The molecule has 2 atom stereocenters. The minimum absolute atomic E-state index is 0.00473. The van der Waals surface area contributed by atoms with Crippen LogP contribution in [0.1, 0.15) is 51.5 Å². The van der Waals surface area contributed by atoms with Gasteiger partial charge in [0.1, 0.15) is 5.60 Å². The first-order chi connectivity index (χ1) is 13.7. The van der Waals surface area contributed by atoms with Crippen LogP contribution in [0.5, 0.6) is 11.5 Å². The molecule has 1 aliphatic heterocycles. The zero-order chi connectivity index (χ0) is 21.2. The smallest absolute Gasteiger partial charge is 0.410 e. The van der Waals surface area contributed by atoms with Gasteiger partial charge in [-0.3, -0.25) is 0 Å². The molecule has 1 heterocycles. The maximum atomic E-state index is 12.7. The Morgan fingerprint density at radius 2 is 2.00 bits per heavy atom. The van der Waals surface area contributed by atoms with Crippen molar-refractivity contribution in [1.29, 1.82) is 0 Å². The van der Waals surface area contributed by atoms with Crippen LogP contribution in [-0.4, -0.2) is 54.1 Å². The lowest BCUT2D eigenvalue weighted by Crippen LogP contribution is -2.41. The zero-order valence-corrected chi connectivity index (χ0v) is 17.1. The fourth-order valence-corrected chi connectivity index (χ4v) is 3.45. The number of aliphatic hydroxyl groups excluding tert-OH is 1. The lowest BCUT2D eigenvalue weighted by Gasteiger charge is -2.27. The van der Waals surface area contributed by atoms with Crippen molar-refractivity contribution < 1.29 is 32.9 Å². The molecular formula is C21H29F2NO5. The normalized spacial score (nSPS) is 22.1. The van der Waals surface area contributed by atoms with Crippen LogP contribution in [0.15, 0.2) is 18.2 Å². The van der Waals surface area contributed by atoms with Crippen LogP contribution >= 0.6 is 0 Å². The highest BCUT2D eigenvalue weighted by Crippen LogP contribution is 2.39. The first-order valence-corrected chi connectivity index (χ1v) is 9.98. The molecular weight excluding hydrogens is 384 g/mol. The van der Waals surface area contributed by atoms with E-state index in [2.05, 4.69) is 4.74 Å². The van der Waals surface area contributed by atoms with E-state index in [9.17, 15) is 18.7 Å². The van der Waals surface area contributed by atoms with Crippen LogP contribution in [0, 0.1) is 5.92 Å². The van der Waals surface area contributed by atoms with Crippen molar-refractivity contribution in [3.63, 3.8) is 0 Å². The van der Waals surface area contributed by atoms with Gasteiger partial charge in [0.2, 0.25) is 0 Å². The van der Waals surface area contributed by atoms with Crippen molar-refractivity contribution >= 4 is 6.09 Å². The Morgan fingerprint density at radius 3 is 2.59 bits per heavy atom. The van der Waals surface area contributed by atoms with Crippen LogP contribution in [-0.2, 0) is 4.74 Å². The van der Waals surface area contributed by atoms with Gasteiger partial charge in [0.15, 0.2) is 11.5 Å². The number of hydrogen-bond acceptors (Lipinski definition) is 5. The van der Waals surface area contributed by atoms with Gasteiger partial charge in [0, 0.05) is 12.5 Å². The van der Waals surface area contributed by atoms with Gasteiger partial charge in [-0.15, -0.1) is 0 Å². The minimum atomic E-state index is -2.93. The van der Waals surface area contributed by atoms with Crippen molar-refractivity contribution in [2.24, 2.45) is 5.92 Å². The monoisotopic (exact) mass is 413 g/mol. The van der Waals surface area contributed by atoms with Crippen molar-refractivity contribution in [2.75, 3.05) is 19.8 Å². The van der Waals surface area contributed by atoms with E-state index in [0.29, 0.717) is 25.5 Å². The second kappa shape index (κ2) is 8.73. The first-order valence-electron chi connectivity index (χ1n) is 9.98. The lowest BCUT2D eigenvalue weighted by molar-refractivity contribution is -0.0515. The highest BCUT2D eigenvalue weighted by molar-refractivity contribution is 5.69. The van der Waals surface area contributed by atoms with E-state index >= 15 is 0 Å². The molecule has 3 rings (SSSR count). The molecule has 0 bridgehead atoms. The van der Waals surface area contributed by atoms with Gasteiger partial charge >= 0.3 is 12.7 Å². The first kappa shape index (κ1) is 21.6. The predicted octanol–water partition coefficient (Wildman–Crippen LogP) is 4.16. The number of carbonyl (C=O) groups excluding carboxylic acids is 1. The highest BCUT2D eigenvalue weighted by atomic mass is 19.3. The summed E-state index contributed by atoms with van der Waals surface area (Å²) in [5, 5.41) is 9.72. The summed E-state index contributed by atoms with van der Waals surface area (Å²) in [7, 11) is 0. The average molecular weight is 413 g/mol. The Kier molecular flexibility index (Phi) is 6.51. The third-order valence-corrected chi connectivity index (χ3v) is 5.08. The summed E-state index contributed by atoms with van der Waals surface area (Å²) in [5.74, 6) is 0.686. The number of nitrogens with zero attached hydrogens (tertiary/aromatic N) is 1. The van der Waals surface area contributed by atoms with E-state index in [4.69, 9.17) is 9.47 Å². The summed E-state index contributed by atoms with van der Waals surface area (Å²) in [6.07, 6.45) is 2.24. The van der Waals surface area contributed by atoms with Gasteiger partial charge < -0.3 is 24.2 Å². The van der Waals surface area contributed by atoms with Gasteiger partial charge in [-0.05, 0) is 63.6 Å². The molecule has 0 spiro atoms. The van der Waals surface area contributed by atoms with Gasteiger partial charge in [0.05, 0.1) is 19.3 Å². The van der Waals surface area contributed by atoms with E-state index in [0.717, 1.165) is 18.4 Å². The fraction of sp³-hybridized carbons (Fsp3) is 0.667. The minimum Gasteiger partial charge on any atom is -0.489 e. The van der Waals surface area contributed by atoms with E-state index in [1.54, 1.807) is 32.9 Å². The SMILES string of the molecule is CC(C)(C)OC(=O)N1CC(c2ccc(OC(F)F)c(OCC3CC3)c2)C[C@@H]1CO. The van der Waals surface area contributed by atoms with Crippen molar-refractivity contribution in [2.45, 2.75) is 64.2 Å². The molecule has 2 fully saturated rings. The number of rotatable bonds is 7. The highest BCUT2D eigenvalue weighted by Gasteiger charge is 2.38. The lowest BCUT2D eigenvalue weighted by atomic mass is 9.96. The Balaban J connectivity index is 1.76. The quantitative estimate of drug-likeness (QED) is 0.727. The van der Waals surface area contributed by atoms with Crippen molar-refractivity contribution in [3.8, 4) is 11.5 Å². The average Bonchev–Trinajstić information content (AvgIpc) is 3.35. The van der Waals surface area contributed by atoms with Crippen LogP contribution in [0.4, 0.5) is 13.6 Å². The summed E-state index contributed by atoms with van der Waals surface area (Å²) in [4.78, 5) is 14.0. The van der Waals surface area contributed by atoms with Crippen LogP contribution in [0.3, 0.4) is 0 Å². The third-order valence-electron chi connectivity index (χ3n) is 5.08. The van der Waals surface area contributed by atoms with E-state index < -0.39 is 18.3 Å². The molecule has 6 nitrogen and oxygen atoms in total. The van der Waals surface area contributed by atoms with Gasteiger partial charge in [-0.25, -0.2) is 4.79 Å². The zero-order valence-electron chi connectivity index (χ0n) is 17.1. The molecule has 1 amide bonds. The molecule has 1 unspecified atom stereocenters. The van der Waals surface area contributed by atoms with E-state index in [1.165, 1.54) is 11.0 Å². The maximum absolute atomic E-state index is 12.7. The molecule has 1 N–H and O–H groups in total. The molecule has 1 aromatic rings. The number of likely N-dealkylation sites (tertiary alicyclic amines) is 1. The Labute approximate surface area is 169 Å². The summed E-state index contributed by atoms with van der Waals surface area (Å²) in [5.41, 5.74) is 0.217. The molecule has 1 saturated heterocycles. The molecule has 162 valence electrons. The summed E-state index contributed by atoms with van der Waals surface area (Å²) in [6, 6.07) is 4.54. The van der Waals surface area contributed by atoms with Crippen LogP contribution < -0.4 is 9.47 Å². The Hall–Kier alpha value is -2.09. The number of amides is 1. The third kappa shape index (κ3) is 5.95. The van der Waals surface area contributed by atoms with Crippen LogP contribution in [0.2, 0.25) is 0 Å². The standard InChI is InChI=1S/C21H29F2NO5/c1-21(2,3)29-20(26)24-10-15(8-16(24)11-25)14-6-7-17(28-19(22)23)18(9-14)27-12-13-4-5-13/h6-7,9,13,15-16,19,25H,4-5,8,10-12H2,1-3H3/t15?,16-/m1/s1. The van der Waals surface area contributed by atoms with Crippen LogP contribution in [0.25, 0.3) is 0 Å².